The molecule has 2 heterocycles. The summed E-state index contributed by atoms with van der Waals surface area (Å²) in [6.45, 7) is 0. The van der Waals surface area contributed by atoms with Gasteiger partial charge in [-0.3, -0.25) is 9.78 Å². The predicted molar refractivity (Wildman–Crippen MR) is 53.9 cm³/mol. The van der Waals surface area contributed by atoms with E-state index in [-0.39, 0.29) is 11.3 Å². The summed E-state index contributed by atoms with van der Waals surface area (Å²) in [4.78, 5) is 28.8. The summed E-state index contributed by atoms with van der Waals surface area (Å²) >= 11 is 0. The molecule has 15 heavy (non-hydrogen) atoms. The number of H-pyrrole nitrogens is 2. The van der Waals surface area contributed by atoms with Crippen molar-refractivity contribution in [2.24, 2.45) is 0 Å². The van der Waals surface area contributed by atoms with Gasteiger partial charge in [-0.2, -0.15) is 4.98 Å². The van der Waals surface area contributed by atoms with Crippen LogP contribution < -0.4 is 11.2 Å². The number of hydrogen-bond acceptors (Lipinski definition) is 3. The fourth-order valence-electron chi connectivity index (χ4n) is 1.61. The molecule has 3 rings (SSSR count). The van der Waals surface area contributed by atoms with Gasteiger partial charge in [0.1, 0.15) is 0 Å². The molecule has 2 N–H and O–H groups in total. The van der Waals surface area contributed by atoms with Crippen molar-refractivity contribution in [3.05, 3.63) is 45.1 Å². The van der Waals surface area contributed by atoms with E-state index < -0.39 is 5.69 Å². The van der Waals surface area contributed by atoms with Crippen LogP contribution in [0.5, 0.6) is 0 Å². The van der Waals surface area contributed by atoms with Gasteiger partial charge in [0.15, 0.2) is 0 Å². The smallest absolute Gasteiger partial charge is 0.290 e. The Morgan fingerprint density at radius 1 is 1.20 bits per heavy atom. The Kier molecular flexibility index (Phi) is 1.37. The minimum absolute atomic E-state index is 0.226. The lowest BCUT2D eigenvalue weighted by Gasteiger charge is -1.98. The first-order chi connectivity index (χ1) is 7.25. The third kappa shape index (κ3) is 1.01. The van der Waals surface area contributed by atoms with Crippen molar-refractivity contribution < 1.29 is 0 Å². The average Bonchev–Trinajstić information content (AvgIpc) is 2.59. The van der Waals surface area contributed by atoms with E-state index in [0.29, 0.717) is 10.9 Å². The highest BCUT2D eigenvalue weighted by atomic mass is 16.1. The van der Waals surface area contributed by atoms with E-state index in [4.69, 9.17) is 0 Å². The summed E-state index contributed by atoms with van der Waals surface area (Å²) in [6.07, 6.45) is 0. The maximum absolute atomic E-state index is 11.6. The van der Waals surface area contributed by atoms with Gasteiger partial charge in [-0.15, -0.1) is 0 Å². The zero-order valence-corrected chi connectivity index (χ0v) is 7.52. The van der Waals surface area contributed by atoms with Gasteiger partial charge in [-0.1, -0.05) is 12.1 Å². The van der Waals surface area contributed by atoms with Crippen LogP contribution in [0.2, 0.25) is 0 Å². The van der Waals surface area contributed by atoms with Crippen LogP contribution in [0.4, 0.5) is 0 Å². The molecule has 0 spiro atoms. The lowest BCUT2D eigenvalue weighted by molar-refractivity contribution is 0.954. The van der Waals surface area contributed by atoms with Crippen LogP contribution in [-0.4, -0.2) is 19.6 Å². The molecule has 0 fully saturated rings. The van der Waals surface area contributed by atoms with E-state index in [1.807, 2.05) is 0 Å². The first-order valence-electron chi connectivity index (χ1n) is 4.35. The second-order valence-electron chi connectivity index (χ2n) is 3.16. The number of fused-ring (bicyclic) bond motifs is 3. The summed E-state index contributed by atoms with van der Waals surface area (Å²) in [5.74, 6) is 0.226. The topological polar surface area (TPSA) is 83.0 Å². The quantitative estimate of drug-likeness (QED) is 0.532. The number of nitrogens with one attached hydrogen (secondary N) is 2. The Bertz CT molecular complexity index is 765. The Morgan fingerprint density at radius 3 is 2.87 bits per heavy atom. The molecule has 0 aliphatic rings. The molecule has 0 unspecified atom stereocenters. The van der Waals surface area contributed by atoms with Crippen molar-refractivity contribution in [2.75, 3.05) is 0 Å². The maximum Gasteiger partial charge on any atom is 0.363 e. The molecule has 0 saturated carbocycles. The van der Waals surface area contributed by atoms with Crippen molar-refractivity contribution >= 4 is 16.7 Å². The van der Waals surface area contributed by atoms with Gasteiger partial charge in [-0.05, 0) is 12.1 Å². The Morgan fingerprint density at radius 2 is 2.00 bits per heavy atom. The van der Waals surface area contributed by atoms with Gasteiger partial charge in [0, 0.05) is 0 Å². The fraction of sp³-hybridized carbons (Fsp3) is 0. The number of para-hydroxylation sites is 1. The lowest BCUT2D eigenvalue weighted by Crippen LogP contribution is -2.10. The van der Waals surface area contributed by atoms with Crippen LogP contribution in [0.15, 0.2) is 33.9 Å². The first kappa shape index (κ1) is 7.98. The van der Waals surface area contributed by atoms with Crippen LogP contribution >= 0.6 is 0 Å². The van der Waals surface area contributed by atoms with Crippen LogP contribution in [0.1, 0.15) is 0 Å². The van der Waals surface area contributed by atoms with Crippen LogP contribution in [0, 0.1) is 0 Å². The van der Waals surface area contributed by atoms with E-state index in [0.717, 1.165) is 0 Å². The lowest BCUT2D eigenvalue weighted by atomic mass is 10.2. The third-order valence-electron chi connectivity index (χ3n) is 2.24. The van der Waals surface area contributed by atoms with E-state index in [1.165, 1.54) is 4.52 Å². The summed E-state index contributed by atoms with van der Waals surface area (Å²) in [7, 11) is 0. The largest absolute Gasteiger partial charge is 0.363 e. The molecule has 0 amide bonds. The molecule has 0 atom stereocenters. The Hall–Kier alpha value is -2.37. The molecule has 6 heteroatoms. The molecular weight excluding hydrogens is 196 g/mol. The molecule has 0 radical (unpaired) electrons. The Balaban J connectivity index is 2.75. The minimum atomic E-state index is -0.484. The number of aromatic nitrogens is 4. The van der Waals surface area contributed by atoms with Crippen molar-refractivity contribution in [1.82, 2.24) is 19.6 Å². The molecule has 3 aromatic rings. The van der Waals surface area contributed by atoms with E-state index in [1.54, 1.807) is 24.3 Å². The summed E-state index contributed by atoms with van der Waals surface area (Å²) < 4.78 is 1.46. The van der Waals surface area contributed by atoms with Crippen molar-refractivity contribution in [2.45, 2.75) is 0 Å². The zero-order valence-electron chi connectivity index (χ0n) is 7.52. The molecule has 1 aromatic carbocycles. The molecule has 0 aliphatic heterocycles. The number of benzene rings is 1. The summed E-state index contributed by atoms with van der Waals surface area (Å²) in [5, 5.41) is 3.02. The molecule has 2 aromatic heterocycles. The molecule has 6 nitrogen and oxygen atoms in total. The minimum Gasteiger partial charge on any atom is -0.290 e. The maximum atomic E-state index is 11.6. The van der Waals surface area contributed by atoms with Crippen molar-refractivity contribution in [3.63, 3.8) is 0 Å². The molecule has 0 bridgehead atoms. The summed E-state index contributed by atoms with van der Waals surface area (Å²) in [6, 6.07) is 6.99. The zero-order chi connectivity index (χ0) is 10.4. The van der Waals surface area contributed by atoms with Crippen molar-refractivity contribution in [1.29, 1.82) is 0 Å². The first-order valence-corrected chi connectivity index (χ1v) is 4.35. The number of rotatable bonds is 0. The van der Waals surface area contributed by atoms with Crippen LogP contribution in [0.25, 0.3) is 16.7 Å². The Labute approximate surface area is 82.2 Å². The van der Waals surface area contributed by atoms with Crippen LogP contribution in [-0.2, 0) is 0 Å². The monoisotopic (exact) mass is 202 g/mol. The normalized spacial score (nSPS) is 11.2. The van der Waals surface area contributed by atoms with Gasteiger partial charge >= 0.3 is 5.69 Å². The standard InChI is InChI=1S/C9H6N4O2/c14-7-5-3-1-2-4-6(5)13-8(10-7)11-9(15)12-13/h1-4H,(H2,10,11,12,14,15). The highest BCUT2D eigenvalue weighted by Crippen LogP contribution is 2.07. The average molecular weight is 202 g/mol. The van der Waals surface area contributed by atoms with Gasteiger partial charge < -0.3 is 0 Å². The van der Waals surface area contributed by atoms with Gasteiger partial charge in [-0.25, -0.2) is 14.4 Å². The van der Waals surface area contributed by atoms with E-state index in [9.17, 15) is 9.59 Å². The third-order valence-corrected chi connectivity index (χ3v) is 2.24. The predicted octanol–water partition coefficient (Wildman–Crippen LogP) is -0.136. The van der Waals surface area contributed by atoms with Crippen molar-refractivity contribution in [3.8, 4) is 0 Å². The van der Waals surface area contributed by atoms with E-state index >= 15 is 0 Å². The fourth-order valence-corrected chi connectivity index (χ4v) is 1.61. The molecule has 0 aliphatic carbocycles. The SMILES string of the molecule is O=c1nc2[nH]c(=O)c3ccccc3n2[nH]1. The van der Waals surface area contributed by atoms with E-state index in [2.05, 4.69) is 15.1 Å². The number of hydrogen-bond donors (Lipinski definition) is 2. The van der Waals surface area contributed by atoms with Gasteiger partial charge in [0.05, 0.1) is 10.9 Å². The molecule has 0 saturated heterocycles. The van der Waals surface area contributed by atoms with Crippen LogP contribution in [0.3, 0.4) is 0 Å². The molecular formula is C9H6N4O2. The highest BCUT2D eigenvalue weighted by molar-refractivity contribution is 5.79. The second-order valence-corrected chi connectivity index (χ2v) is 3.16. The summed E-state index contributed by atoms with van der Waals surface area (Å²) in [5.41, 5.74) is -0.107. The highest BCUT2D eigenvalue weighted by Gasteiger charge is 2.05. The van der Waals surface area contributed by atoms with Gasteiger partial charge in [0.2, 0.25) is 5.78 Å². The second kappa shape index (κ2) is 2.57. The van der Waals surface area contributed by atoms with Gasteiger partial charge in [0.25, 0.3) is 5.56 Å². The molecule has 74 valence electrons. The number of nitrogens with zero attached hydrogens (tertiary/aromatic N) is 2. The number of aromatic amines is 2.